The highest BCUT2D eigenvalue weighted by atomic mass is 16.5. The summed E-state index contributed by atoms with van der Waals surface area (Å²) in [6.07, 6.45) is 5.38. The lowest BCUT2D eigenvalue weighted by Crippen LogP contribution is -2.08. The van der Waals surface area contributed by atoms with Gasteiger partial charge in [0.15, 0.2) is 11.5 Å². The Labute approximate surface area is 103 Å². The zero-order chi connectivity index (χ0) is 12.1. The van der Waals surface area contributed by atoms with Crippen molar-refractivity contribution >= 4 is 0 Å². The Morgan fingerprint density at radius 1 is 1.12 bits per heavy atom. The van der Waals surface area contributed by atoms with Crippen molar-refractivity contribution in [3.05, 3.63) is 23.8 Å². The van der Waals surface area contributed by atoms with Crippen LogP contribution in [0.3, 0.4) is 0 Å². The van der Waals surface area contributed by atoms with Crippen LogP contribution >= 0.6 is 0 Å². The molecule has 1 aromatic carbocycles. The SMILES string of the molecule is COc1cccc(COC2CCCC2)c1OC. The number of rotatable bonds is 5. The molecule has 0 N–H and O–H groups in total. The molecule has 3 heteroatoms. The molecule has 17 heavy (non-hydrogen) atoms. The summed E-state index contributed by atoms with van der Waals surface area (Å²) in [5.74, 6) is 1.55. The summed E-state index contributed by atoms with van der Waals surface area (Å²) < 4.78 is 16.5. The summed E-state index contributed by atoms with van der Waals surface area (Å²) in [5, 5.41) is 0. The van der Waals surface area contributed by atoms with Crippen molar-refractivity contribution < 1.29 is 14.2 Å². The zero-order valence-corrected chi connectivity index (χ0v) is 10.6. The van der Waals surface area contributed by atoms with Crippen molar-refractivity contribution in [2.45, 2.75) is 38.4 Å². The second-order valence-corrected chi connectivity index (χ2v) is 4.37. The molecular formula is C14H20O3. The molecule has 1 fully saturated rings. The van der Waals surface area contributed by atoms with Crippen LogP contribution < -0.4 is 9.47 Å². The molecule has 2 rings (SSSR count). The average molecular weight is 236 g/mol. The summed E-state index contributed by atoms with van der Waals surface area (Å²) in [6, 6.07) is 5.89. The van der Waals surface area contributed by atoms with Crippen molar-refractivity contribution in [3.63, 3.8) is 0 Å². The van der Waals surface area contributed by atoms with E-state index in [9.17, 15) is 0 Å². The van der Waals surface area contributed by atoms with Gasteiger partial charge >= 0.3 is 0 Å². The van der Waals surface area contributed by atoms with E-state index in [1.807, 2.05) is 18.2 Å². The van der Waals surface area contributed by atoms with Crippen molar-refractivity contribution in [1.82, 2.24) is 0 Å². The maximum Gasteiger partial charge on any atom is 0.166 e. The molecule has 0 saturated heterocycles. The number of methoxy groups -OCH3 is 2. The van der Waals surface area contributed by atoms with E-state index < -0.39 is 0 Å². The third-order valence-electron chi connectivity index (χ3n) is 3.26. The van der Waals surface area contributed by atoms with Crippen LogP contribution in [0.4, 0.5) is 0 Å². The van der Waals surface area contributed by atoms with Gasteiger partial charge in [0.1, 0.15) is 0 Å². The number of ether oxygens (including phenoxy) is 3. The van der Waals surface area contributed by atoms with Crippen LogP contribution in [0, 0.1) is 0 Å². The minimum atomic E-state index is 0.422. The van der Waals surface area contributed by atoms with Crippen LogP contribution in [0.1, 0.15) is 31.2 Å². The molecule has 1 aromatic rings. The zero-order valence-electron chi connectivity index (χ0n) is 10.6. The predicted molar refractivity (Wildman–Crippen MR) is 66.6 cm³/mol. The van der Waals surface area contributed by atoms with Crippen molar-refractivity contribution in [2.75, 3.05) is 14.2 Å². The van der Waals surface area contributed by atoms with E-state index in [-0.39, 0.29) is 0 Å². The first kappa shape index (κ1) is 12.2. The third-order valence-corrected chi connectivity index (χ3v) is 3.26. The Hall–Kier alpha value is -1.22. The smallest absolute Gasteiger partial charge is 0.166 e. The Balaban J connectivity index is 2.03. The summed E-state index contributed by atoms with van der Waals surface area (Å²) in [6.45, 7) is 0.602. The van der Waals surface area contributed by atoms with Gasteiger partial charge in [-0.25, -0.2) is 0 Å². The molecule has 94 valence electrons. The van der Waals surface area contributed by atoms with Gasteiger partial charge in [-0.2, -0.15) is 0 Å². The molecule has 0 aromatic heterocycles. The second-order valence-electron chi connectivity index (χ2n) is 4.37. The summed E-state index contributed by atoms with van der Waals surface area (Å²) in [5.41, 5.74) is 1.05. The summed E-state index contributed by atoms with van der Waals surface area (Å²) in [7, 11) is 3.32. The lowest BCUT2D eigenvalue weighted by molar-refractivity contribution is 0.0444. The fourth-order valence-corrected chi connectivity index (χ4v) is 2.33. The third kappa shape index (κ3) is 2.91. The van der Waals surface area contributed by atoms with Gasteiger partial charge in [-0.3, -0.25) is 0 Å². The highest BCUT2D eigenvalue weighted by Gasteiger charge is 2.17. The molecule has 0 amide bonds. The van der Waals surface area contributed by atoms with Crippen molar-refractivity contribution in [2.24, 2.45) is 0 Å². The lowest BCUT2D eigenvalue weighted by atomic mass is 10.2. The molecule has 0 heterocycles. The van der Waals surface area contributed by atoms with E-state index in [1.54, 1.807) is 14.2 Å². The number of para-hydroxylation sites is 1. The second kappa shape index (κ2) is 5.92. The molecule has 1 aliphatic carbocycles. The van der Waals surface area contributed by atoms with Crippen LogP contribution in [0.2, 0.25) is 0 Å². The van der Waals surface area contributed by atoms with E-state index >= 15 is 0 Å². The maximum absolute atomic E-state index is 5.90. The predicted octanol–water partition coefficient (Wildman–Crippen LogP) is 3.16. The minimum Gasteiger partial charge on any atom is -0.493 e. The highest BCUT2D eigenvalue weighted by molar-refractivity contribution is 5.46. The van der Waals surface area contributed by atoms with E-state index in [1.165, 1.54) is 25.7 Å². The van der Waals surface area contributed by atoms with Crippen LogP contribution in [0.15, 0.2) is 18.2 Å². The van der Waals surface area contributed by atoms with Crippen molar-refractivity contribution in [1.29, 1.82) is 0 Å². The number of hydrogen-bond acceptors (Lipinski definition) is 3. The Morgan fingerprint density at radius 2 is 1.88 bits per heavy atom. The normalized spacial score (nSPS) is 16.1. The van der Waals surface area contributed by atoms with Gasteiger partial charge in [0.05, 0.1) is 26.9 Å². The molecule has 0 atom stereocenters. The first-order valence-corrected chi connectivity index (χ1v) is 6.16. The maximum atomic E-state index is 5.90. The first-order chi connectivity index (χ1) is 8.35. The highest BCUT2D eigenvalue weighted by Crippen LogP contribution is 2.32. The largest absolute Gasteiger partial charge is 0.493 e. The molecule has 0 bridgehead atoms. The van der Waals surface area contributed by atoms with Crippen LogP contribution in [-0.4, -0.2) is 20.3 Å². The molecule has 1 saturated carbocycles. The molecular weight excluding hydrogens is 216 g/mol. The van der Waals surface area contributed by atoms with Gasteiger partial charge in [0, 0.05) is 5.56 Å². The van der Waals surface area contributed by atoms with Gasteiger partial charge < -0.3 is 14.2 Å². The van der Waals surface area contributed by atoms with Gasteiger partial charge in [-0.1, -0.05) is 25.0 Å². The molecule has 0 spiro atoms. The molecule has 0 unspecified atom stereocenters. The molecule has 0 radical (unpaired) electrons. The van der Waals surface area contributed by atoms with Gasteiger partial charge in [0.25, 0.3) is 0 Å². The minimum absolute atomic E-state index is 0.422. The summed E-state index contributed by atoms with van der Waals surface area (Å²) in [4.78, 5) is 0. The van der Waals surface area contributed by atoms with Gasteiger partial charge in [-0.15, -0.1) is 0 Å². The molecule has 0 aliphatic heterocycles. The standard InChI is InChI=1S/C14H20O3/c1-15-13-9-5-6-11(14(13)16-2)10-17-12-7-3-4-8-12/h5-6,9,12H,3-4,7-8,10H2,1-2H3. The number of hydrogen-bond donors (Lipinski definition) is 0. The van der Waals surface area contributed by atoms with E-state index in [4.69, 9.17) is 14.2 Å². The number of benzene rings is 1. The van der Waals surface area contributed by atoms with Crippen molar-refractivity contribution in [3.8, 4) is 11.5 Å². The van der Waals surface area contributed by atoms with Crippen LogP contribution in [0.25, 0.3) is 0 Å². The Bertz CT molecular complexity index is 356. The van der Waals surface area contributed by atoms with E-state index in [2.05, 4.69) is 0 Å². The fourth-order valence-electron chi connectivity index (χ4n) is 2.33. The topological polar surface area (TPSA) is 27.7 Å². The average Bonchev–Trinajstić information content (AvgIpc) is 2.88. The van der Waals surface area contributed by atoms with Gasteiger partial charge in [-0.05, 0) is 18.9 Å². The van der Waals surface area contributed by atoms with E-state index in [0.717, 1.165) is 17.1 Å². The van der Waals surface area contributed by atoms with Crippen LogP contribution in [-0.2, 0) is 11.3 Å². The first-order valence-electron chi connectivity index (χ1n) is 6.16. The van der Waals surface area contributed by atoms with Gasteiger partial charge in [0.2, 0.25) is 0 Å². The van der Waals surface area contributed by atoms with E-state index in [0.29, 0.717) is 12.7 Å². The van der Waals surface area contributed by atoms with Crippen LogP contribution in [0.5, 0.6) is 11.5 Å². The summed E-state index contributed by atoms with van der Waals surface area (Å²) >= 11 is 0. The lowest BCUT2D eigenvalue weighted by Gasteiger charge is -2.15. The molecule has 1 aliphatic rings. The Morgan fingerprint density at radius 3 is 2.53 bits per heavy atom. The monoisotopic (exact) mass is 236 g/mol. The fraction of sp³-hybridized carbons (Fsp3) is 0.571. The Kier molecular flexibility index (Phi) is 4.26. The quantitative estimate of drug-likeness (QED) is 0.786. The molecule has 3 nitrogen and oxygen atoms in total.